The molecule has 2 aliphatic heterocycles. The molecular weight excluding hydrogens is 382 g/mol. The Kier molecular flexibility index (Phi) is 6.34. The zero-order chi connectivity index (χ0) is 21.1. The van der Waals surface area contributed by atoms with Crippen molar-refractivity contribution in [1.82, 2.24) is 24.1 Å². The normalized spacial score (nSPS) is 18.7. The summed E-state index contributed by atoms with van der Waals surface area (Å²) >= 11 is 0. The molecule has 0 bridgehead atoms. The second-order valence-corrected chi connectivity index (χ2v) is 8.29. The Hall–Kier alpha value is -2.45. The van der Waals surface area contributed by atoms with Gasteiger partial charge < -0.3 is 18.9 Å². The third kappa shape index (κ3) is 4.65. The lowest BCUT2D eigenvalue weighted by Gasteiger charge is -2.39. The number of morpholine rings is 1. The monoisotopic (exact) mass is 413 g/mol. The molecule has 4 heterocycles. The molecule has 0 aromatic carbocycles. The van der Waals surface area contributed by atoms with E-state index in [2.05, 4.69) is 9.88 Å². The lowest BCUT2D eigenvalue weighted by molar-refractivity contribution is -0.130. The van der Waals surface area contributed by atoms with E-state index in [0.717, 1.165) is 56.9 Å². The van der Waals surface area contributed by atoms with Crippen LogP contribution in [-0.4, -0.2) is 94.4 Å². The molecule has 0 saturated carbocycles. The van der Waals surface area contributed by atoms with Crippen LogP contribution < -0.4 is 0 Å². The maximum atomic E-state index is 13.5. The molecule has 0 aliphatic carbocycles. The van der Waals surface area contributed by atoms with Crippen molar-refractivity contribution in [2.75, 3.05) is 52.5 Å². The number of aryl methyl sites for hydroxylation is 1. The molecule has 162 valence electrons. The minimum Gasteiger partial charge on any atom is -0.379 e. The highest BCUT2D eigenvalue weighted by molar-refractivity contribution is 5.93. The van der Waals surface area contributed by atoms with Crippen LogP contribution in [0.4, 0.5) is 0 Å². The third-order valence-electron chi connectivity index (χ3n) is 6.21. The number of piperidine rings is 1. The molecular formula is C22H31N5O3. The van der Waals surface area contributed by atoms with E-state index in [0.29, 0.717) is 25.3 Å². The van der Waals surface area contributed by atoms with Crippen molar-refractivity contribution in [3.8, 4) is 0 Å². The van der Waals surface area contributed by atoms with Gasteiger partial charge in [-0.25, -0.2) is 4.98 Å². The fourth-order valence-corrected chi connectivity index (χ4v) is 4.35. The molecule has 0 spiro atoms. The van der Waals surface area contributed by atoms with E-state index in [1.54, 1.807) is 6.92 Å². The van der Waals surface area contributed by atoms with Crippen LogP contribution in [0, 0.1) is 6.92 Å². The Morgan fingerprint density at radius 2 is 1.93 bits per heavy atom. The molecule has 0 N–H and O–H groups in total. The number of aromatic nitrogens is 2. The van der Waals surface area contributed by atoms with Crippen molar-refractivity contribution in [1.29, 1.82) is 0 Å². The Bertz CT molecular complexity index is 897. The van der Waals surface area contributed by atoms with Gasteiger partial charge in [-0.2, -0.15) is 0 Å². The van der Waals surface area contributed by atoms with Crippen LogP contribution in [0.5, 0.6) is 0 Å². The van der Waals surface area contributed by atoms with E-state index in [9.17, 15) is 9.59 Å². The molecule has 2 saturated heterocycles. The third-order valence-corrected chi connectivity index (χ3v) is 6.21. The van der Waals surface area contributed by atoms with Crippen LogP contribution in [0.2, 0.25) is 0 Å². The number of amides is 2. The van der Waals surface area contributed by atoms with Gasteiger partial charge in [0, 0.05) is 64.6 Å². The van der Waals surface area contributed by atoms with Gasteiger partial charge in [0.2, 0.25) is 5.91 Å². The fourth-order valence-electron chi connectivity index (χ4n) is 4.35. The molecule has 2 amide bonds. The quantitative estimate of drug-likeness (QED) is 0.742. The van der Waals surface area contributed by atoms with Gasteiger partial charge in [-0.3, -0.25) is 14.5 Å². The number of nitrogens with zero attached hydrogens (tertiary/aromatic N) is 5. The molecule has 8 heteroatoms. The number of pyridine rings is 1. The van der Waals surface area contributed by atoms with Gasteiger partial charge in [-0.05, 0) is 37.5 Å². The van der Waals surface area contributed by atoms with E-state index in [1.165, 1.54) is 0 Å². The smallest absolute Gasteiger partial charge is 0.274 e. The summed E-state index contributed by atoms with van der Waals surface area (Å²) < 4.78 is 7.35. The number of hydrogen-bond donors (Lipinski definition) is 0. The molecule has 4 rings (SSSR count). The summed E-state index contributed by atoms with van der Waals surface area (Å²) in [6, 6.07) is 4.12. The Morgan fingerprint density at radius 1 is 1.20 bits per heavy atom. The summed E-state index contributed by atoms with van der Waals surface area (Å²) in [5, 5.41) is 0. The van der Waals surface area contributed by atoms with Crippen molar-refractivity contribution in [2.45, 2.75) is 32.7 Å². The molecule has 2 fully saturated rings. The first-order valence-electron chi connectivity index (χ1n) is 10.8. The van der Waals surface area contributed by atoms with E-state index >= 15 is 0 Å². The Labute approximate surface area is 177 Å². The van der Waals surface area contributed by atoms with Crippen molar-refractivity contribution in [3.63, 3.8) is 0 Å². The number of carbonyl (C=O) groups is 2. The first kappa shape index (κ1) is 20.8. The van der Waals surface area contributed by atoms with Crippen molar-refractivity contribution in [3.05, 3.63) is 35.8 Å². The van der Waals surface area contributed by atoms with Crippen LogP contribution in [0.1, 0.15) is 35.8 Å². The maximum Gasteiger partial charge on any atom is 0.274 e. The van der Waals surface area contributed by atoms with Gasteiger partial charge in [0.15, 0.2) is 0 Å². The van der Waals surface area contributed by atoms with Crippen molar-refractivity contribution in [2.24, 2.45) is 0 Å². The van der Waals surface area contributed by atoms with Crippen LogP contribution >= 0.6 is 0 Å². The van der Waals surface area contributed by atoms with Crippen molar-refractivity contribution >= 4 is 17.5 Å². The summed E-state index contributed by atoms with van der Waals surface area (Å²) in [5.41, 5.74) is 2.39. The topological polar surface area (TPSA) is 70.4 Å². The average molecular weight is 414 g/mol. The number of rotatable bonds is 5. The second kappa shape index (κ2) is 9.14. The van der Waals surface area contributed by atoms with Crippen LogP contribution in [-0.2, 0) is 9.53 Å². The van der Waals surface area contributed by atoms with E-state index in [4.69, 9.17) is 4.74 Å². The van der Waals surface area contributed by atoms with Crippen molar-refractivity contribution < 1.29 is 14.3 Å². The second-order valence-electron chi connectivity index (χ2n) is 8.29. The van der Waals surface area contributed by atoms with Gasteiger partial charge in [0.05, 0.1) is 13.2 Å². The SMILES string of the molecule is CC(=O)N1CCC(N(CCN2CCOCC2)C(=O)c2cn3ccc(C)cc3n2)CC1. The number of ether oxygens (including phenoxy) is 1. The van der Waals surface area contributed by atoms with Gasteiger partial charge in [-0.15, -0.1) is 0 Å². The minimum absolute atomic E-state index is 0.0223. The first-order chi connectivity index (χ1) is 14.5. The number of hydrogen-bond acceptors (Lipinski definition) is 5. The number of likely N-dealkylation sites (tertiary alicyclic amines) is 1. The molecule has 2 aromatic rings. The van der Waals surface area contributed by atoms with E-state index < -0.39 is 0 Å². The highest BCUT2D eigenvalue weighted by Crippen LogP contribution is 2.20. The maximum absolute atomic E-state index is 13.5. The molecule has 2 aliphatic rings. The molecule has 30 heavy (non-hydrogen) atoms. The molecule has 8 nitrogen and oxygen atoms in total. The molecule has 0 radical (unpaired) electrons. The van der Waals surface area contributed by atoms with Crippen LogP contribution in [0.15, 0.2) is 24.5 Å². The van der Waals surface area contributed by atoms with E-state index in [-0.39, 0.29) is 17.9 Å². The lowest BCUT2D eigenvalue weighted by Crippen LogP contribution is -2.51. The summed E-state index contributed by atoms with van der Waals surface area (Å²) in [4.78, 5) is 36.0. The zero-order valence-corrected chi connectivity index (χ0v) is 17.9. The number of fused-ring (bicyclic) bond motifs is 1. The molecule has 0 unspecified atom stereocenters. The zero-order valence-electron chi connectivity index (χ0n) is 17.9. The highest BCUT2D eigenvalue weighted by Gasteiger charge is 2.30. The first-order valence-corrected chi connectivity index (χ1v) is 10.8. The largest absolute Gasteiger partial charge is 0.379 e. The highest BCUT2D eigenvalue weighted by atomic mass is 16.5. The summed E-state index contributed by atoms with van der Waals surface area (Å²) in [5.74, 6) is 0.0845. The fraction of sp³-hybridized carbons (Fsp3) is 0.591. The lowest BCUT2D eigenvalue weighted by atomic mass is 10.0. The number of carbonyl (C=O) groups excluding carboxylic acids is 2. The predicted octanol–water partition coefficient (Wildman–Crippen LogP) is 1.43. The number of imidazole rings is 1. The van der Waals surface area contributed by atoms with Gasteiger partial charge in [0.25, 0.3) is 5.91 Å². The van der Waals surface area contributed by atoms with Gasteiger partial charge in [0.1, 0.15) is 11.3 Å². The summed E-state index contributed by atoms with van der Waals surface area (Å²) in [7, 11) is 0. The summed E-state index contributed by atoms with van der Waals surface area (Å²) in [6.07, 6.45) is 5.38. The minimum atomic E-state index is -0.0223. The molecule has 2 aromatic heterocycles. The van der Waals surface area contributed by atoms with Crippen LogP contribution in [0.3, 0.4) is 0 Å². The van der Waals surface area contributed by atoms with Crippen LogP contribution in [0.25, 0.3) is 5.65 Å². The van der Waals surface area contributed by atoms with Gasteiger partial charge in [-0.1, -0.05) is 0 Å². The standard InChI is InChI=1S/C22H31N5O3/c1-17-3-6-26-16-20(23-21(26)15-17)22(29)27(10-9-24-11-13-30-14-12-24)19-4-7-25(8-5-19)18(2)28/h3,6,15-16,19H,4-5,7-14H2,1-2H3. The Balaban J connectivity index is 1.51. The Morgan fingerprint density at radius 3 is 2.63 bits per heavy atom. The predicted molar refractivity (Wildman–Crippen MR) is 114 cm³/mol. The molecule has 0 atom stereocenters. The van der Waals surface area contributed by atoms with E-state index in [1.807, 2.05) is 45.7 Å². The summed E-state index contributed by atoms with van der Waals surface area (Å²) in [6.45, 7) is 9.82. The van der Waals surface area contributed by atoms with Gasteiger partial charge >= 0.3 is 0 Å². The average Bonchev–Trinajstić information content (AvgIpc) is 3.18.